The van der Waals surface area contributed by atoms with Gasteiger partial charge in [0.25, 0.3) is 5.91 Å². The van der Waals surface area contributed by atoms with Crippen LogP contribution in [0.3, 0.4) is 0 Å². The predicted octanol–water partition coefficient (Wildman–Crippen LogP) is 3.35. The highest BCUT2D eigenvalue weighted by Gasteiger charge is 2.48. The van der Waals surface area contributed by atoms with Gasteiger partial charge in [-0.15, -0.1) is 0 Å². The molecule has 0 bridgehead atoms. The summed E-state index contributed by atoms with van der Waals surface area (Å²) in [6.45, 7) is 5.21. The Balaban J connectivity index is 0.00000118. The number of aromatic hydroxyl groups is 1. The van der Waals surface area contributed by atoms with Crippen LogP contribution in [0.15, 0.2) is 29.2 Å². The maximum absolute atomic E-state index is 14.1. The number of benzene rings is 1. The van der Waals surface area contributed by atoms with Gasteiger partial charge in [-0.1, -0.05) is 25.3 Å². The van der Waals surface area contributed by atoms with Crippen LogP contribution >= 0.6 is 0 Å². The number of aryl methyl sites for hydroxylation is 1. The van der Waals surface area contributed by atoms with E-state index in [0.29, 0.717) is 12.5 Å². The lowest BCUT2D eigenvalue weighted by molar-refractivity contribution is -0.0751. The van der Waals surface area contributed by atoms with Crippen LogP contribution in [0.2, 0.25) is 0 Å². The first kappa shape index (κ1) is 30.7. The van der Waals surface area contributed by atoms with Gasteiger partial charge in [0, 0.05) is 44.4 Å². The van der Waals surface area contributed by atoms with Gasteiger partial charge in [-0.3, -0.25) is 19.3 Å². The maximum atomic E-state index is 14.1. The number of carbonyl (C=O) groups excluding carboxylic acids is 2. The number of aliphatic hydroxyl groups excluding tert-OH is 1. The quantitative estimate of drug-likeness (QED) is 0.373. The first-order chi connectivity index (χ1) is 20.7. The summed E-state index contributed by atoms with van der Waals surface area (Å²) in [6, 6.07) is 3.23. The van der Waals surface area contributed by atoms with Crippen molar-refractivity contribution in [2.24, 2.45) is 5.92 Å². The number of Topliss-reactive ketones (excluding diaryl/α,β-unsaturated/α-hetero) is 1. The van der Waals surface area contributed by atoms with E-state index in [-0.39, 0.29) is 47.8 Å². The van der Waals surface area contributed by atoms with E-state index in [1.165, 1.54) is 31.2 Å². The topological polar surface area (TPSA) is 106 Å². The monoisotopic (exact) mass is 596 g/mol. The number of carbonyl (C=O) groups is 2. The minimum atomic E-state index is -0.884. The fraction of sp³-hybridized carbons (Fsp3) is 0.531. The van der Waals surface area contributed by atoms with Crippen molar-refractivity contribution in [2.45, 2.75) is 70.1 Å². The summed E-state index contributed by atoms with van der Waals surface area (Å²) in [4.78, 5) is 46.9. The van der Waals surface area contributed by atoms with Crippen LogP contribution in [-0.2, 0) is 13.0 Å². The first-order valence-corrected chi connectivity index (χ1v) is 15.1. The summed E-state index contributed by atoms with van der Waals surface area (Å²) in [6.07, 6.45) is 12.9. The average molecular weight is 597 g/mol. The smallest absolute Gasteiger partial charge is 0.276 e. The minimum absolute atomic E-state index is 0.0183. The Hall–Kier alpha value is -3.75. The highest BCUT2D eigenvalue weighted by Crippen LogP contribution is 2.39. The molecule has 2 aromatic rings. The number of ketones is 1. The largest absolute Gasteiger partial charge is 0.503 e. The molecule has 3 aliphatic heterocycles. The van der Waals surface area contributed by atoms with Gasteiger partial charge < -0.3 is 24.6 Å². The SMILES string of the molecule is C#CO.O=C(CCc1ccc(F)cc1F)c1cn2c(c(O)c1=O)C(=O)N1[C@H]3CCCC[C@H]3CN(CCN3CCCC3)[C@@H]1C2. The van der Waals surface area contributed by atoms with Gasteiger partial charge in [0.15, 0.2) is 17.2 Å². The molecule has 1 aromatic heterocycles. The number of hydrogen-bond donors (Lipinski definition) is 2. The highest BCUT2D eigenvalue weighted by atomic mass is 19.1. The molecule has 11 heteroatoms. The second-order valence-corrected chi connectivity index (χ2v) is 11.9. The molecule has 0 spiro atoms. The standard InChI is InChI=1S/C30H36F2N4O4.C2H2O/c31-21-9-7-19(23(32)15-21)8-10-25(37)22-17-35-18-26-34(14-13-33-11-3-4-12-33)16-20-5-1-2-6-24(20)36(26)30(40)27(35)29(39)28(22)38;1-2-3/h7,9,15,17,20,24,26,39H,1-6,8,10-14,16,18H2;1,3H/t20-,24-,26-;/m0./s1. The number of halogens is 2. The Morgan fingerprint density at radius 2 is 1.77 bits per heavy atom. The Morgan fingerprint density at radius 1 is 1.05 bits per heavy atom. The second kappa shape index (κ2) is 13.3. The lowest BCUT2D eigenvalue weighted by Crippen LogP contribution is -2.68. The van der Waals surface area contributed by atoms with Crippen molar-refractivity contribution in [3.8, 4) is 18.3 Å². The number of likely N-dealkylation sites (tertiary alicyclic amines) is 1. The first-order valence-electron chi connectivity index (χ1n) is 15.1. The number of fused-ring (bicyclic) bond motifs is 4. The zero-order valence-electron chi connectivity index (χ0n) is 24.2. The third-order valence-corrected chi connectivity index (χ3v) is 9.33. The van der Waals surface area contributed by atoms with E-state index in [4.69, 9.17) is 5.11 Å². The molecule has 1 aromatic carbocycles. The molecule has 3 atom stereocenters. The van der Waals surface area contributed by atoms with Crippen molar-refractivity contribution in [2.75, 3.05) is 32.7 Å². The molecule has 9 nitrogen and oxygen atoms in total. The number of hydrogen-bond acceptors (Lipinski definition) is 7. The van der Waals surface area contributed by atoms with Crippen LogP contribution in [0.5, 0.6) is 5.75 Å². The molecule has 0 radical (unpaired) electrons. The summed E-state index contributed by atoms with van der Waals surface area (Å²) in [7, 11) is 0. The summed E-state index contributed by atoms with van der Waals surface area (Å²) >= 11 is 0. The van der Waals surface area contributed by atoms with Crippen LogP contribution < -0.4 is 5.43 Å². The van der Waals surface area contributed by atoms with E-state index in [1.807, 2.05) is 4.90 Å². The number of nitrogens with zero attached hydrogens (tertiary/aromatic N) is 4. The summed E-state index contributed by atoms with van der Waals surface area (Å²) in [5, 5.41) is 18.0. The molecular formula is C32H38F2N4O5. The third kappa shape index (κ3) is 6.31. The number of amides is 1. The van der Waals surface area contributed by atoms with E-state index < -0.39 is 28.6 Å². The molecular weight excluding hydrogens is 558 g/mol. The molecule has 2 N–H and O–H groups in total. The third-order valence-electron chi connectivity index (χ3n) is 9.33. The van der Waals surface area contributed by atoms with Crippen LogP contribution in [0.25, 0.3) is 0 Å². The zero-order chi connectivity index (χ0) is 30.7. The molecule has 4 aliphatic rings. The van der Waals surface area contributed by atoms with Crippen molar-refractivity contribution >= 4 is 11.7 Å². The Labute approximate surface area is 249 Å². The second-order valence-electron chi connectivity index (χ2n) is 11.9. The molecule has 1 saturated carbocycles. The average Bonchev–Trinajstić information content (AvgIpc) is 3.51. The van der Waals surface area contributed by atoms with Crippen molar-refractivity contribution in [3.05, 3.63) is 63.1 Å². The van der Waals surface area contributed by atoms with E-state index in [1.54, 1.807) is 4.57 Å². The van der Waals surface area contributed by atoms with Gasteiger partial charge in [0.05, 0.1) is 12.1 Å². The van der Waals surface area contributed by atoms with Crippen LogP contribution in [0, 0.1) is 30.1 Å². The molecule has 43 heavy (non-hydrogen) atoms. The van der Waals surface area contributed by atoms with E-state index in [0.717, 1.165) is 70.5 Å². The maximum Gasteiger partial charge on any atom is 0.276 e. The Morgan fingerprint density at radius 3 is 2.49 bits per heavy atom. The minimum Gasteiger partial charge on any atom is -0.503 e. The number of aromatic nitrogens is 1. The number of terminal acetylenes is 1. The fourth-order valence-corrected chi connectivity index (χ4v) is 7.22. The normalized spacial score (nSPS) is 23.4. The van der Waals surface area contributed by atoms with Crippen molar-refractivity contribution < 1.29 is 28.6 Å². The van der Waals surface area contributed by atoms with Crippen molar-refractivity contribution in [1.82, 2.24) is 19.3 Å². The van der Waals surface area contributed by atoms with Crippen LogP contribution in [0.4, 0.5) is 8.78 Å². The van der Waals surface area contributed by atoms with Gasteiger partial charge in [-0.05, 0) is 62.7 Å². The molecule has 230 valence electrons. The molecule has 2 saturated heterocycles. The Bertz CT molecular complexity index is 1460. The number of pyridine rings is 1. The van der Waals surface area contributed by atoms with Gasteiger partial charge in [-0.2, -0.15) is 0 Å². The number of aliphatic hydroxyl groups is 1. The molecule has 1 amide bonds. The van der Waals surface area contributed by atoms with E-state index >= 15 is 0 Å². The van der Waals surface area contributed by atoms with Gasteiger partial charge in [-0.25, -0.2) is 8.78 Å². The molecule has 6 rings (SSSR count). The molecule has 4 heterocycles. The van der Waals surface area contributed by atoms with E-state index in [9.17, 15) is 28.3 Å². The lowest BCUT2D eigenvalue weighted by Gasteiger charge is -2.55. The molecule has 0 unspecified atom stereocenters. The summed E-state index contributed by atoms with van der Waals surface area (Å²) < 4.78 is 28.9. The number of rotatable bonds is 7. The summed E-state index contributed by atoms with van der Waals surface area (Å²) in [5.41, 5.74) is -1.00. The highest BCUT2D eigenvalue weighted by molar-refractivity contribution is 6.00. The van der Waals surface area contributed by atoms with Crippen molar-refractivity contribution in [1.29, 1.82) is 0 Å². The lowest BCUT2D eigenvalue weighted by atomic mass is 9.80. The summed E-state index contributed by atoms with van der Waals surface area (Å²) in [5.74, 6) is -2.72. The fourth-order valence-electron chi connectivity index (χ4n) is 7.22. The molecule has 1 aliphatic carbocycles. The molecule has 3 fully saturated rings. The van der Waals surface area contributed by atoms with Crippen LogP contribution in [0.1, 0.15) is 71.4 Å². The van der Waals surface area contributed by atoms with Gasteiger partial charge >= 0.3 is 0 Å². The van der Waals surface area contributed by atoms with E-state index in [2.05, 4.69) is 16.2 Å². The zero-order valence-corrected chi connectivity index (χ0v) is 24.2. The van der Waals surface area contributed by atoms with Crippen molar-refractivity contribution in [3.63, 3.8) is 0 Å². The van der Waals surface area contributed by atoms with Gasteiger partial charge in [0.2, 0.25) is 5.43 Å². The van der Waals surface area contributed by atoms with Crippen LogP contribution in [-0.4, -0.2) is 86.1 Å². The Kier molecular flexibility index (Phi) is 9.47. The van der Waals surface area contributed by atoms with Gasteiger partial charge in [0.1, 0.15) is 23.9 Å². The predicted molar refractivity (Wildman–Crippen MR) is 155 cm³/mol.